The highest BCUT2D eigenvalue weighted by molar-refractivity contribution is 7.88. The van der Waals surface area contributed by atoms with Crippen LogP contribution in [0.1, 0.15) is 43.8 Å². The Morgan fingerprint density at radius 3 is 2.52 bits per heavy atom. The van der Waals surface area contributed by atoms with Crippen LogP contribution in [0.25, 0.3) is 11.1 Å². The van der Waals surface area contributed by atoms with Gasteiger partial charge >= 0.3 is 0 Å². The van der Waals surface area contributed by atoms with Gasteiger partial charge in [0, 0.05) is 43.5 Å². The molecule has 2 aromatic rings. The smallest absolute Gasteiger partial charge is 0.226 e. The molecule has 0 bridgehead atoms. The van der Waals surface area contributed by atoms with Crippen LogP contribution in [-0.2, 0) is 14.8 Å². The molecular weight excluding hydrogens is 390 g/mol. The van der Waals surface area contributed by atoms with Crippen molar-refractivity contribution in [1.82, 2.24) is 24.4 Å². The van der Waals surface area contributed by atoms with E-state index < -0.39 is 10.0 Å². The lowest BCUT2D eigenvalue weighted by molar-refractivity contribution is -0.140. The summed E-state index contributed by atoms with van der Waals surface area (Å²) >= 11 is 0. The van der Waals surface area contributed by atoms with Crippen LogP contribution >= 0.6 is 0 Å². The number of aromatic nitrogens is 3. The van der Waals surface area contributed by atoms with Gasteiger partial charge in [0.25, 0.3) is 0 Å². The molecule has 1 N–H and O–H groups in total. The predicted molar refractivity (Wildman–Crippen MR) is 109 cm³/mol. The largest absolute Gasteiger partial charge is 0.334 e. The number of rotatable bonds is 4. The van der Waals surface area contributed by atoms with Crippen molar-refractivity contribution in [2.45, 2.75) is 38.1 Å². The fourth-order valence-electron chi connectivity index (χ4n) is 4.48. The highest BCUT2D eigenvalue weighted by Gasteiger charge is 2.36. The number of carbonyl (C=O) groups is 1. The molecule has 1 amide bonds. The Morgan fingerprint density at radius 1 is 1.10 bits per heavy atom. The molecule has 1 atom stereocenters. The van der Waals surface area contributed by atoms with Crippen molar-refractivity contribution < 1.29 is 13.2 Å². The maximum Gasteiger partial charge on any atom is 0.226 e. The van der Waals surface area contributed by atoms with Crippen molar-refractivity contribution in [3.8, 4) is 11.1 Å². The minimum absolute atomic E-state index is 0.0325. The summed E-state index contributed by atoms with van der Waals surface area (Å²) in [5.41, 5.74) is 3.00. The zero-order valence-corrected chi connectivity index (χ0v) is 17.4. The average molecular weight is 418 g/mol. The van der Waals surface area contributed by atoms with Crippen LogP contribution in [0.5, 0.6) is 0 Å². The minimum atomic E-state index is -3.19. The summed E-state index contributed by atoms with van der Waals surface area (Å²) in [5.74, 6) is 0.0130. The number of nitrogens with zero attached hydrogens (tertiary/aromatic N) is 4. The van der Waals surface area contributed by atoms with Crippen LogP contribution in [-0.4, -0.2) is 64.6 Å². The van der Waals surface area contributed by atoms with Crippen molar-refractivity contribution in [1.29, 1.82) is 0 Å². The van der Waals surface area contributed by atoms with E-state index in [0.29, 0.717) is 25.9 Å². The summed E-state index contributed by atoms with van der Waals surface area (Å²) in [6, 6.07) is 3.86. The van der Waals surface area contributed by atoms with Crippen molar-refractivity contribution in [3.63, 3.8) is 0 Å². The Labute approximate surface area is 171 Å². The van der Waals surface area contributed by atoms with Gasteiger partial charge in [-0.2, -0.15) is 5.10 Å². The third kappa shape index (κ3) is 4.20. The van der Waals surface area contributed by atoms with Gasteiger partial charge in [0.15, 0.2) is 0 Å². The van der Waals surface area contributed by atoms with E-state index >= 15 is 0 Å². The number of likely N-dealkylation sites (tertiary alicyclic amines) is 1. The summed E-state index contributed by atoms with van der Waals surface area (Å²) in [5, 5.41) is 7.40. The van der Waals surface area contributed by atoms with Gasteiger partial charge in [0.05, 0.1) is 24.2 Å². The van der Waals surface area contributed by atoms with E-state index in [1.807, 2.05) is 23.2 Å². The standard InChI is InChI=1S/C20H27N5O3S/c1-29(27,28)24-12-7-16(8-13-24)20(26)25-11-3-2-4-18(25)19-17(14-22-23-19)15-5-9-21-10-6-15/h5-6,9-10,14,16,18H,2-4,7-8,11-13H2,1H3,(H,22,23)/t18-/m0/s1. The Kier molecular flexibility index (Phi) is 5.69. The number of H-pyrrole nitrogens is 1. The first-order valence-corrected chi connectivity index (χ1v) is 12.0. The summed E-state index contributed by atoms with van der Waals surface area (Å²) in [4.78, 5) is 19.4. The first-order chi connectivity index (χ1) is 13.9. The summed E-state index contributed by atoms with van der Waals surface area (Å²) < 4.78 is 25.0. The second-order valence-electron chi connectivity index (χ2n) is 7.91. The van der Waals surface area contributed by atoms with Gasteiger partial charge in [0.1, 0.15) is 0 Å². The lowest BCUT2D eigenvalue weighted by atomic mass is 9.91. The average Bonchev–Trinajstić information content (AvgIpc) is 3.23. The van der Waals surface area contributed by atoms with E-state index in [9.17, 15) is 13.2 Å². The van der Waals surface area contributed by atoms with E-state index in [-0.39, 0.29) is 17.9 Å². The summed E-state index contributed by atoms with van der Waals surface area (Å²) in [6.45, 7) is 1.56. The lowest BCUT2D eigenvalue weighted by Gasteiger charge is -2.39. The Balaban J connectivity index is 1.54. The summed E-state index contributed by atoms with van der Waals surface area (Å²) in [7, 11) is -3.19. The number of hydrogen-bond donors (Lipinski definition) is 1. The number of carbonyl (C=O) groups excluding carboxylic acids is 1. The van der Waals surface area contributed by atoms with Crippen molar-refractivity contribution in [3.05, 3.63) is 36.4 Å². The third-order valence-electron chi connectivity index (χ3n) is 6.05. The molecule has 0 aliphatic carbocycles. The molecule has 2 fully saturated rings. The molecule has 0 spiro atoms. The van der Waals surface area contributed by atoms with Crippen molar-refractivity contribution in [2.24, 2.45) is 5.92 Å². The first-order valence-electron chi connectivity index (χ1n) is 10.1. The van der Waals surface area contributed by atoms with E-state index in [2.05, 4.69) is 15.2 Å². The van der Waals surface area contributed by atoms with Gasteiger partial charge in [-0.25, -0.2) is 12.7 Å². The van der Waals surface area contributed by atoms with Crippen LogP contribution in [0.3, 0.4) is 0 Å². The number of piperidine rings is 2. The number of pyridine rings is 1. The first kappa shape index (κ1) is 20.0. The maximum atomic E-state index is 13.4. The molecule has 156 valence electrons. The molecule has 0 aromatic carbocycles. The van der Waals surface area contributed by atoms with Crippen LogP contribution < -0.4 is 0 Å². The molecule has 2 aromatic heterocycles. The Bertz CT molecular complexity index is 952. The van der Waals surface area contributed by atoms with Gasteiger partial charge in [-0.15, -0.1) is 0 Å². The third-order valence-corrected chi connectivity index (χ3v) is 7.35. The SMILES string of the molecule is CS(=O)(=O)N1CCC(C(=O)N2CCCC[C@H]2c2[nH]ncc2-c2ccncc2)CC1. The highest BCUT2D eigenvalue weighted by atomic mass is 32.2. The molecule has 2 aliphatic rings. The van der Waals surface area contributed by atoms with E-state index in [1.165, 1.54) is 10.6 Å². The molecule has 4 heterocycles. The zero-order chi connectivity index (χ0) is 20.4. The van der Waals surface area contributed by atoms with Gasteiger partial charge in [0.2, 0.25) is 15.9 Å². The van der Waals surface area contributed by atoms with Gasteiger partial charge in [-0.1, -0.05) is 0 Å². The zero-order valence-electron chi connectivity index (χ0n) is 16.6. The molecule has 0 radical (unpaired) electrons. The molecule has 4 rings (SSSR count). The number of hydrogen-bond acceptors (Lipinski definition) is 5. The topological polar surface area (TPSA) is 99.3 Å². The minimum Gasteiger partial charge on any atom is -0.334 e. The number of sulfonamides is 1. The molecule has 8 nitrogen and oxygen atoms in total. The van der Waals surface area contributed by atoms with E-state index in [1.54, 1.807) is 12.4 Å². The molecule has 29 heavy (non-hydrogen) atoms. The van der Waals surface area contributed by atoms with Crippen LogP contribution in [0.15, 0.2) is 30.7 Å². The predicted octanol–water partition coefficient (Wildman–Crippen LogP) is 2.20. The molecule has 2 saturated heterocycles. The Morgan fingerprint density at radius 2 is 1.83 bits per heavy atom. The van der Waals surface area contributed by atoms with Crippen LogP contribution in [0.2, 0.25) is 0 Å². The van der Waals surface area contributed by atoms with Crippen molar-refractivity contribution in [2.75, 3.05) is 25.9 Å². The van der Waals surface area contributed by atoms with Crippen LogP contribution in [0.4, 0.5) is 0 Å². The lowest BCUT2D eigenvalue weighted by Crippen LogP contribution is -2.46. The normalized spacial score (nSPS) is 22.0. The van der Waals surface area contributed by atoms with Crippen LogP contribution in [0, 0.1) is 5.92 Å². The molecule has 9 heteroatoms. The Hall–Kier alpha value is -2.26. The second kappa shape index (κ2) is 8.23. The van der Waals surface area contributed by atoms with E-state index in [0.717, 1.165) is 42.6 Å². The van der Waals surface area contributed by atoms with Gasteiger partial charge < -0.3 is 4.90 Å². The van der Waals surface area contributed by atoms with Gasteiger partial charge in [-0.05, 0) is 49.8 Å². The number of aromatic amines is 1. The number of nitrogens with one attached hydrogen (secondary N) is 1. The molecule has 2 aliphatic heterocycles. The fraction of sp³-hybridized carbons (Fsp3) is 0.550. The number of amides is 1. The summed E-state index contributed by atoms with van der Waals surface area (Å²) in [6.07, 6.45) is 10.7. The second-order valence-corrected chi connectivity index (χ2v) is 9.90. The molecule has 0 unspecified atom stereocenters. The monoisotopic (exact) mass is 417 g/mol. The maximum absolute atomic E-state index is 13.4. The van der Waals surface area contributed by atoms with Gasteiger partial charge in [-0.3, -0.25) is 14.9 Å². The fourth-order valence-corrected chi connectivity index (χ4v) is 5.35. The molecule has 0 saturated carbocycles. The van der Waals surface area contributed by atoms with Crippen molar-refractivity contribution >= 4 is 15.9 Å². The molecular formula is C20H27N5O3S. The van der Waals surface area contributed by atoms with E-state index in [4.69, 9.17) is 0 Å². The highest BCUT2D eigenvalue weighted by Crippen LogP contribution is 2.37. The quantitative estimate of drug-likeness (QED) is 0.822.